The number of aromatic nitrogens is 2. The average molecular weight is 148 g/mol. The molecule has 2 nitrogen and oxygen atoms in total. The van der Waals surface area contributed by atoms with Gasteiger partial charge in [-0.3, -0.25) is 0 Å². The molecular weight excluding hydrogens is 135 g/mol. The Morgan fingerprint density at radius 2 is 2.09 bits per heavy atom. The van der Waals surface area contributed by atoms with Gasteiger partial charge in [-0.2, -0.15) is 0 Å². The zero-order valence-corrected chi connectivity index (χ0v) is 7.55. The molecule has 1 aromatic heterocycles. The first-order valence-corrected chi connectivity index (χ1v) is 3.91. The van der Waals surface area contributed by atoms with E-state index in [0.717, 1.165) is 17.0 Å². The lowest BCUT2D eigenvalue weighted by molar-refractivity contribution is 0.769. The molecule has 0 amide bonds. The molecule has 0 saturated carbocycles. The Labute approximate surface area is 68.5 Å². The zero-order chi connectivity index (χ0) is 8.43. The summed E-state index contributed by atoms with van der Waals surface area (Å²) in [6.45, 7) is 6.22. The molecular formula is C8H13BN2. The minimum absolute atomic E-state index is 0.425. The van der Waals surface area contributed by atoms with Crippen molar-refractivity contribution in [3.63, 3.8) is 0 Å². The summed E-state index contributed by atoms with van der Waals surface area (Å²) in [7, 11) is 2.03. The van der Waals surface area contributed by atoms with Gasteiger partial charge in [0.2, 0.25) is 0 Å². The predicted octanol–water partition coefficient (Wildman–Crippen LogP) is 0.167. The van der Waals surface area contributed by atoms with Crippen LogP contribution in [0.2, 0.25) is 0 Å². The molecule has 11 heavy (non-hydrogen) atoms. The highest BCUT2D eigenvalue weighted by molar-refractivity contribution is 6.32. The van der Waals surface area contributed by atoms with Crippen LogP contribution >= 0.6 is 0 Å². The van der Waals surface area contributed by atoms with Gasteiger partial charge in [0.1, 0.15) is 13.7 Å². The summed E-state index contributed by atoms with van der Waals surface area (Å²) in [5, 5.41) is 0. The normalized spacial score (nSPS) is 10.5. The lowest BCUT2D eigenvalue weighted by atomic mass is 9.96. The largest absolute Gasteiger partial charge is 0.242 e. The third-order valence-electron chi connectivity index (χ3n) is 1.76. The Balaban J connectivity index is 3.05. The van der Waals surface area contributed by atoms with Crippen LogP contribution in [0.1, 0.15) is 31.3 Å². The van der Waals surface area contributed by atoms with Crippen LogP contribution in [-0.2, 0) is 0 Å². The molecule has 0 atom stereocenters. The van der Waals surface area contributed by atoms with Crippen LogP contribution in [0.5, 0.6) is 0 Å². The molecule has 0 aliphatic carbocycles. The highest BCUT2D eigenvalue weighted by atomic mass is 14.9. The Kier molecular flexibility index (Phi) is 2.27. The molecule has 0 N–H and O–H groups in total. The van der Waals surface area contributed by atoms with Gasteiger partial charge in [-0.05, 0) is 6.92 Å². The summed E-state index contributed by atoms with van der Waals surface area (Å²) in [5.74, 6) is 1.36. The van der Waals surface area contributed by atoms with E-state index in [4.69, 9.17) is 0 Å². The fraction of sp³-hybridized carbons (Fsp3) is 0.500. The maximum absolute atomic E-state index is 4.36. The van der Waals surface area contributed by atoms with Crippen molar-refractivity contribution in [1.82, 2.24) is 9.97 Å². The summed E-state index contributed by atoms with van der Waals surface area (Å²) in [5.41, 5.74) is 2.25. The molecule has 0 radical (unpaired) electrons. The van der Waals surface area contributed by atoms with Crippen molar-refractivity contribution in [2.24, 2.45) is 0 Å². The number of nitrogens with zero attached hydrogens (tertiary/aromatic N) is 2. The van der Waals surface area contributed by atoms with Crippen molar-refractivity contribution >= 4 is 13.3 Å². The third-order valence-corrected chi connectivity index (χ3v) is 1.76. The van der Waals surface area contributed by atoms with E-state index in [9.17, 15) is 0 Å². The number of rotatable bonds is 1. The molecule has 0 aliphatic rings. The average Bonchev–Trinajstić information content (AvgIpc) is 1.94. The van der Waals surface area contributed by atoms with Crippen molar-refractivity contribution in [2.75, 3.05) is 0 Å². The van der Waals surface area contributed by atoms with Gasteiger partial charge in [0.05, 0.1) is 0 Å². The summed E-state index contributed by atoms with van der Waals surface area (Å²) >= 11 is 0. The van der Waals surface area contributed by atoms with Crippen molar-refractivity contribution in [2.45, 2.75) is 26.7 Å². The van der Waals surface area contributed by atoms with Gasteiger partial charge in [0.25, 0.3) is 0 Å². The SMILES string of the molecule is Bc1cnc(C(C)C)nc1C. The summed E-state index contributed by atoms with van der Waals surface area (Å²) in [4.78, 5) is 8.59. The molecule has 58 valence electrons. The molecule has 0 aliphatic heterocycles. The highest BCUT2D eigenvalue weighted by Crippen LogP contribution is 2.06. The van der Waals surface area contributed by atoms with E-state index in [-0.39, 0.29) is 0 Å². The fourth-order valence-electron chi connectivity index (χ4n) is 0.823. The molecule has 3 heteroatoms. The predicted molar refractivity (Wildman–Crippen MR) is 49.0 cm³/mol. The van der Waals surface area contributed by atoms with Gasteiger partial charge < -0.3 is 0 Å². The molecule has 0 fully saturated rings. The first-order chi connectivity index (χ1) is 5.11. The van der Waals surface area contributed by atoms with E-state index in [2.05, 4.69) is 23.8 Å². The van der Waals surface area contributed by atoms with Crippen molar-refractivity contribution in [3.05, 3.63) is 17.7 Å². The molecule has 1 aromatic rings. The highest BCUT2D eigenvalue weighted by Gasteiger charge is 2.02. The van der Waals surface area contributed by atoms with E-state index in [0.29, 0.717) is 5.92 Å². The fourth-order valence-corrected chi connectivity index (χ4v) is 0.823. The van der Waals surface area contributed by atoms with E-state index in [1.807, 2.05) is 21.0 Å². The Morgan fingerprint density at radius 3 is 2.55 bits per heavy atom. The van der Waals surface area contributed by atoms with Crippen LogP contribution in [-0.4, -0.2) is 17.8 Å². The summed E-state index contributed by atoms with van der Waals surface area (Å²) in [6, 6.07) is 0. The summed E-state index contributed by atoms with van der Waals surface area (Å²) in [6.07, 6.45) is 1.89. The molecule has 0 spiro atoms. The van der Waals surface area contributed by atoms with Crippen LogP contribution in [0.3, 0.4) is 0 Å². The molecule has 0 unspecified atom stereocenters. The van der Waals surface area contributed by atoms with Crippen molar-refractivity contribution in [1.29, 1.82) is 0 Å². The number of aryl methyl sites for hydroxylation is 1. The van der Waals surface area contributed by atoms with E-state index >= 15 is 0 Å². The first-order valence-electron chi connectivity index (χ1n) is 3.91. The smallest absolute Gasteiger partial charge is 0.143 e. The molecule has 1 rings (SSSR count). The molecule has 0 bridgehead atoms. The maximum Gasteiger partial charge on any atom is 0.143 e. The van der Waals surface area contributed by atoms with Crippen LogP contribution in [0.15, 0.2) is 6.20 Å². The molecule has 0 saturated heterocycles. The first kappa shape index (κ1) is 8.24. The van der Waals surface area contributed by atoms with Crippen LogP contribution in [0, 0.1) is 6.92 Å². The zero-order valence-electron chi connectivity index (χ0n) is 7.55. The van der Waals surface area contributed by atoms with E-state index < -0.39 is 0 Å². The van der Waals surface area contributed by atoms with E-state index in [1.54, 1.807) is 0 Å². The topological polar surface area (TPSA) is 25.8 Å². The maximum atomic E-state index is 4.36. The third kappa shape index (κ3) is 1.79. The van der Waals surface area contributed by atoms with Crippen molar-refractivity contribution in [3.8, 4) is 0 Å². The Hall–Kier alpha value is -0.855. The van der Waals surface area contributed by atoms with Gasteiger partial charge in [-0.1, -0.05) is 19.3 Å². The lowest BCUT2D eigenvalue weighted by Gasteiger charge is -2.05. The lowest BCUT2D eigenvalue weighted by Crippen LogP contribution is -2.13. The number of hydrogen-bond donors (Lipinski definition) is 0. The second-order valence-corrected chi connectivity index (χ2v) is 3.15. The Bertz CT molecular complexity index is 258. The van der Waals surface area contributed by atoms with Gasteiger partial charge in [-0.15, -0.1) is 0 Å². The minimum atomic E-state index is 0.425. The Morgan fingerprint density at radius 1 is 1.45 bits per heavy atom. The van der Waals surface area contributed by atoms with Crippen LogP contribution in [0.25, 0.3) is 0 Å². The van der Waals surface area contributed by atoms with Crippen LogP contribution in [0.4, 0.5) is 0 Å². The standard InChI is InChI=1S/C8H13BN2/c1-5(2)8-10-4-7(9)6(3)11-8/h4-5H,9H2,1-3H3. The van der Waals surface area contributed by atoms with Gasteiger partial charge in [0.15, 0.2) is 0 Å². The summed E-state index contributed by atoms with van der Waals surface area (Å²) < 4.78 is 0. The number of hydrogen-bond acceptors (Lipinski definition) is 2. The van der Waals surface area contributed by atoms with Crippen LogP contribution < -0.4 is 5.46 Å². The second kappa shape index (κ2) is 3.03. The van der Waals surface area contributed by atoms with Gasteiger partial charge in [0, 0.05) is 17.8 Å². The van der Waals surface area contributed by atoms with Gasteiger partial charge >= 0.3 is 0 Å². The molecule has 1 heterocycles. The minimum Gasteiger partial charge on any atom is -0.242 e. The second-order valence-electron chi connectivity index (χ2n) is 3.15. The van der Waals surface area contributed by atoms with E-state index in [1.165, 1.54) is 0 Å². The monoisotopic (exact) mass is 148 g/mol. The van der Waals surface area contributed by atoms with Gasteiger partial charge in [-0.25, -0.2) is 9.97 Å². The quantitative estimate of drug-likeness (QED) is 0.530. The van der Waals surface area contributed by atoms with Crippen molar-refractivity contribution < 1.29 is 0 Å². The molecule has 0 aromatic carbocycles.